The van der Waals surface area contributed by atoms with E-state index in [1.807, 2.05) is 34.6 Å². The number of hydrogen-bond donors (Lipinski definition) is 2. The number of phenolic OH excluding ortho intramolecular Hbond substituents is 2. The Labute approximate surface area is 138 Å². The smallest absolute Gasteiger partial charge is 0.139 e. The van der Waals surface area contributed by atoms with Crippen LogP contribution in [-0.2, 0) is 0 Å². The van der Waals surface area contributed by atoms with Gasteiger partial charge in [0.15, 0.2) is 0 Å². The van der Waals surface area contributed by atoms with E-state index in [1.165, 1.54) is 0 Å². The normalized spacial score (nSPS) is 10.9. The summed E-state index contributed by atoms with van der Waals surface area (Å²) >= 11 is 0. The lowest BCUT2D eigenvalue weighted by Crippen LogP contribution is -1.99. The van der Waals surface area contributed by atoms with Crippen LogP contribution in [-0.4, -0.2) is 10.2 Å². The molecule has 0 aliphatic rings. The Morgan fingerprint density at radius 1 is 0.826 bits per heavy atom. The number of rotatable bonds is 0. The van der Waals surface area contributed by atoms with Crippen molar-refractivity contribution in [2.24, 2.45) is 11.3 Å². The molecule has 0 heterocycles. The Morgan fingerprint density at radius 3 is 1.74 bits per heavy atom. The lowest BCUT2D eigenvalue weighted by atomic mass is 9.96. The molecule has 2 aromatic carbocycles. The van der Waals surface area contributed by atoms with Gasteiger partial charge in [0.2, 0.25) is 0 Å². The first-order valence-corrected chi connectivity index (χ1v) is 7.71. The zero-order chi connectivity index (χ0) is 17.2. The first-order valence-electron chi connectivity index (χ1n) is 7.71. The molecular weight excluding hydrogens is 284 g/mol. The molecule has 2 rings (SSSR count). The van der Waals surface area contributed by atoms with Crippen LogP contribution in [0.15, 0.2) is 24.3 Å². The molecule has 0 saturated heterocycles. The molecule has 23 heavy (non-hydrogen) atoms. The Bertz CT molecular complexity index is 860. The van der Waals surface area contributed by atoms with Crippen LogP contribution in [0.4, 0.5) is 0 Å². The van der Waals surface area contributed by atoms with Crippen LogP contribution in [0.1, 0.15) is 45.7 Å². The Hall–Kier alpha value is -2.58. The highest BCUT2D eigenvalue weighted by molar-refractivity contribution is 5.96. The second-order valence-electron chi connectivity index (χ2n) is 6.94. The standard InChI is InChI=1S/C21H22O2/c1-14(2)6-7-15-8-10-18-17(19(15)22)11-9-16(20(18)23)12-13-21(3,4)5/h8-11,14,22-23H,1-5H3. The maximum atomic E-state index is 10.4. The van der Waals surface area contributed by atoms with Crippen LogP contribution >= 0.6 is 0 Å². The minimum Gasteiger partial charge on any atom is -0.506 e. The zero-order valence-electron chi connectivity index (χ0n) is 14.3. The molecule has 0 amide bonds. The molecule has 0 radical (unpaired) electrons. The summed E-state index contributed by atoms with van der Waals surface area (Å²) in [4.78, 5) is 0. The van der Waals surface area contributed by atoms with Crippen molar-refractivity contribution in [1.29, 1.82) is 0 Å². The predicted octanol–water partition coefficient (Wildman–Crippen LogP) is 4.66. The monoisotopic (exact) mass is 306 g/mol. The molecule has 2 aromatic rings. The van der Waals surface area contributed by atoms with Gasteiger partial charge in [-0.15, -0.1) is 0 Å². The lowest BCUT2D eigenvalue weighted by molar-refractivity contribution is 0.474. The molecule has 0 saturated carbocycles. The van der Waals surface area contributed by atoms with Gasteiger partial charge in [-0.25, -0.2) is 0 Å². The van der Waals surface area contributed by atoms with Crippen LogP contribution in [0.5, 0.6) is 11.5 Å². The second kappa shape index (κ2) is 6.27. The van der Waals surface area contributed by atoms with Gasteiger partial charge in [0.05, 0.1) is 11.1 Å². The fourth-order valence-corrected chi connectivity index (χ4v) is 2.05. The molecule has 0 unspecified atom stereocenters. The van der Waals surface area contributed by atoms with Gasteiger partial charge in [-0.05, 0) is 45.0 Å². The van der Waals surface area contributed by atoms with E-state index in [1.54, 1.807) is 24.3 Å². The van der Waals surface area contributed by atoms with E-state index >= 15 is 0 Å². The summed E-state index contributed by atoms with van der Waals surface area (Å²) < 4.78 is 0. The molecule has 2 nitrogen and oxygen atoms in total. The van der Waals surface area contributed by atoms with Crippen molar-refractivity contribution in [3.63, 3.8) is 0 Å². The van der Waals surface area contributed by atoms with Crippen molar-refractivity contribution in [1.82, 2.24) is 0 Å². The lowest BCUT2D eigenvalue weighted by Gasteiger charge is -2.09. The second-order valence-corrected chi connectivity index (χ2v) is 6.94. The van der Waals surface area contributed by atoms with Crippen molar-refractivity contribution in [3.8, 4) is 35.2 Å². The zero-order valence-corrected chi connectivity index (χ0v) is 14.3. The van der Waals surface area contributed by atoms with Gasteiger partial charge >= 0.3 is 0 Å². The van der Waals surface area contributed by atoms with Gasteiger partial charge < -0.3 is 10.2 Å². The van der Waals surface area contributed by atoms with Crippen LogP contribution in [0.25, 0.3) is 10.8 Å². The molecule has 0 aromatic heterocycles. The molecule has 0 spiro atoms. The van der Waals surface area contributed by atoms with Gasteiger partial charge in [-0.2, -0.15) is 0 Å². The molecule has 0 aliphatic carbocycles. The van der Waals surface area contributed by atoms with E-state index in [9.17, 15) is 10.2 Å². The third kappa shape index (κ3) is 3.99. The Kier molecular flexibility index (Phi) is 4.57. The largest absolute Gasteiger partial charge is 0.506 e. The molecule has 118 valence electrons. The van der Waals surface area contributed by atoms with Gasteiger partial charge in [0, 0.05) is 22.1 Å². The highest BCUT2D eigenvalue weighted by Crippen LogP contribution is 2.35. The first kappa shape index (κ1) is 16.8. The van der Waals surface area contributed by atoms with Gasteiger partial charge in [0.1, 0.15) is 11.5 Å². The average Bonchev–Trinajstić information content (AvgIpc) is 2.45. The summed E-state index contributed by atoms with van der Waals surface area (Å²) in [6.45, 7) is 10.0. The van der Waals surface area contributed by atoms with E-state index in [4.69, 9.17) is 0 Å². The minimum atomic E-state index is -0.139. The molecule has 0 fully saturated rings. The maximum absolute atomic E-state index is 10.4. The molecule has 2 N–H and O–H groups in total. The average molecular weight is 306 g/mol. The molecular formula is C21H22O2. The van der Waals surface area contributed by atoms with Crippen LogP contribution < -0.4 is 0 Å². The Morgan fingerprint density at radius 2 is 1.30 bits per heavy atom. The number of phenols is 2. The summed E-state index contributed by atoms with van der Waals surface area (Å²) in [6, 6.07) is 7.01. The summed E-state index contributed by atoms with van der Waals surface area (Å²) in [6.07, 6.45) is 0. The van der Waals surface area contributed by atoms with E-state index in [0.717, 1.165) is 0 Å². The minimum absolute atomic E-state index is 0.0953. The number of benzene rings is 2. The van der Waals surface area contributed by atoms with Crippen molar-refractivity contribution < 1.29 is 10.2 Å². The fraction of sp³-hybridized carbons (Fsp3) is 0.333. The highest BCUT2D eigenvalue weighted by Gasteiger charge is 2.11. The summed E-state index contributed by atoms with van der Waals surface area (Å²) in [5.41, 5.74) is 0.992. The van der Waals surface area contributed by atoms with Crippen LogP contribution in [0, 0.1) is 35.0 Å². The van der Waals surface area contributed by atoms with E-state index in [2.05, 4.69) is 23.7 Å². The van der Waals surface area contributed by atoms with Crippen molar-refractivity contribution in [2.75, 3.05) is 0 Å². The highest BCUT2D eigenvalue weighted by atomic mass is 16.3. The third-order valence-corrected chi connectivity index (χ3v) is 3.21. The van der Waals surface area contributed by atoms with Crippen molar-refractivity contribution in [2.45, 2.75) is 34.6 Å². The van der Waals surface area contributed by atoms with Crippen LogP contribution in [0.2, 0.25) is 0 Å². The van der Waals surface area contributed by atoms with Gasteiger partial charge in [-0.3, -0.25) is 0 Å². The van der Waals surface area contributed by atoms with E-state index in [-0.39, 0.29) is 22.8 Å². The van der Waals surface area contributed by atoms with Crippen molar-refractivity contribution in [3.05, 3.63) is 35.4 Å². The van der Waals surface area contributed by atoms with E-state index < -0.39 is 0 Å². The summed E-state index contributed by atoms with van der Waals surface area (Å²) in [5, 5.41) is 22.0. The molecule has 0 bridgehead atoms. The van der Waals surface area contributed by atoms with Gasteiger partial charge in [-0.1, -0.05) is 37.5 Å². The fourth-order valence-electron chi connectivity index (χ4n) is 2.05. The summed E-state index contributed by atoms with van der Waals surface area (Å²) in [7, 11) is 0. The number of hydrogen-bond acceptors (Lipinski definition) is 2. The SMILES string of the molecule is CC(C)C#Cc1ccc2c(O)c(C#CC(C)(C)C)ccc2c1O. The topological polar surface area (TPSA) is 40.5 Å². The maximum Gasteiger partial charge on any atom is 0.139 e. The Balaban J connectivity index is 2.58. The first-order chi connectivity index (χ1) is 10.7. The van der Waals surface area contributed by atoms with Crippen molar-refractivity contribution >= 4 is 10.8 Å². The quantitative estimate of drug-likeness (QED) is 0.695. The molecule has 0 atom stereocenters. The predicted molar refractivity (Wildman–Crippen MR) is 95.3 cm³/mol. The van der Waals surface area contributed by atoms with E-state index in [0.29, 0.717) is 21.9 Å². The molecule has 2 heteroatoms. The summed E-state index contributed by atoms with van der Waals surface area (Å²) in [5.74, 6) is 12.6. The van der Waals surface area contributed by atoms with Gasteiger partial charge in [0.25, 0.3) is 0 Å². The number of aromatic hydroxyl groups is 2. The number of fused-ring (bicyclic) bond motifs is 1. The molecule has 0 aliphatic heterocycles. The third-order valence-electron chi connectivity index (χ3n) is 3.21. The van der Waals surface area contributed by atoms with Crippen LogP contribution in [0.3, 0.4) is 0 Å².